The van der Waals surface area contributed by atoms with E-state index in [-0.39, 0.29) is 0 Å². The molecule has 3 nitrogen and oxygen atoms in total. The molecular weight excluding hydrogens is 357 g/mol. The molecule has 4 heteroatoms. The van der Waals surface area contributed by atoms with Crippen molar-refractivity contribution in [3.05, 3.63) is 60.8 Å². The zero-order valence-electron chi connectivity index (χ0n) is 17.3. The molecule has 0 unspecified atom stereocenters. The molecule has 0 spiro atoms. The molecule has 0 amide bonds. The zero-order chi connectivity index (χ0) is 20.4. The Morgan fingerprint density at radius 1 is 0.828 bits per heavy atom. The normalized spacial score (nSPS) is 13.1. The molecule has 1 aromatic heterocycles. The van der Waals surface area contributed by atoms with Gasteiger partial charge in [-0.1, -0.05) is 42.5 Å². The number of pyridine rings is 1. The molecule has 5 aromatic rings. The fourth-order valence-corrected chi connectivity index (χ4v) is 4.04. The van der Waals surface area contributed by atoms with E-state index in [4.69, 9.17) is 4.65 Å². The minimum absolute atomic E-state index is 0.449. The second-order valence-electron chi connectivity index (χ2n) is 8.96. The molecule has 0 saturated carbocycles. The maximum absolute atomic E-state index is 10.4. The van der Waals surface area contributed by atoms with Crippen molar-refractivity contribution in [3.63, 3.8) is 0 Å². The average Bonchev–Trinajstić information content (AvgIpc) is 2.69. The van der Waals surface area contributed by atoms with Crippen LogP contribution in [0.5, 0.6) is 0 Å². The maximum atomic E-state index is 10.4. The minimum atomic E-state index is -0.929. The first-order valence-electron chi connectivity index (χ1n) is 10.1. The highest BCUT2D eigenvalue weighted by Gasteiger charge is 2.35. The molecule has 4 aromatic carbocycles. The number of rotatable bonds is 4. The SMILES string of the molecule is CC(C)(O)C(C)(C)OBc1ccc2ccc3c4ncccc4cc4ccc1c2c43. The summed E-state index contributed by atoms with van der Waals surface area (Å²) in [6.07, 6.45) is 1.86. The molecule has 1 N–H and O–H groups in total. The van der Waals surface area contributed by atoms with E-state index in [1.165, 1.54) is 32.3 Å². The first kappa shape index (κ1) is 18.4. The van der Waals surface area contributed by atoms with Crippen LogP contribution < -0.4 is 5.46 Å². The van der Waals surface area contributed by atoms with Gasteiger partial charge >= 0.3 is 7.48 Å². The molecule has 144 valence electrons. The van der Waals surface area contributed by atoms with Crippen LogP contribution in [0.1, 0.15) is 27.7 Å². The smallest absolute Gasteiger partial charge is 0.310 e. The van der Waals surface area contributed by atoms with Crippen LogP contribution >= 0.6 is 0 Å². The van der Waals surface area contributed by atoms with E-state index in [0.717, 1.165) is 16.4 Å². The van der Waals surface area contributed by atoms with E-state index >= 15 is 0 Å². The lowest BCUT2D eigenvalue weighted by molar-refractivity contribution is -0.0893. The Labute approximate surface area is 170 Å². The summed E-state index contributed by atoms with van der Waals surface area (Å²) >= 11 is 0. The predicted octanol–water partition coefficient (Wildman–Crippen LogP) is 4.68. The molecule has 0 aliphatic rings. The molecule has 1 heterocycles. The fourth-order valence-electron chi connectivity index (χ4n) is 4.04. The molecule has 0 atom stereocenters. The van der Waals surface area contributed by atoms with E-state index in [1.54, 1.807) is 13.8 Å². The second-order valence-corrected chi connectivity index (χ2v) is 8.96. The monoisotopic (exact) mass is 381 g/mol. The van der Waals surface area contributed by atoms with Crippen molar-refractivity contribution in [2.24, 2.45) is 0 Å². The van der Waals surface area contributed by atoms with Gasteiger partial charge in [-0.15, -0.1) is 0 Å². The summed E-state index contributed by atoms with van der Waals surface area (Å²) in [5, 5.41) is 18.9. The average molecular weight is 381 g/mol. The van der Waals surface area contributed by atoms with Gasteiger partial charge in [-0.05, 0) is 72.2 Å². The molecule has 29 heavy (non-hydrogen) atoms. The van der Waals surface area contributed by atoms with Gasteiger partial charge in [-0.25, -0.2) is 0 Å². The number of fused-ring (bicyclic) bond motifs is 2. The van der Waals surface area contributed by atoms with E-state index in [9.17, 15) is 5.11 Å². The summed E-state index contributed by atoms with van der Waals surface area (Å²) in [6.45, 7) is 7.44. The van der Waals surface area contributed by atoms with Gasteiger partial charge in [0.05, 0.1) is 16.7 Å². The van der Waals surface area contributed by atoms with Crippen LogP contribution in [0.15, 0.2) is 60.8 Å². The van der Waals surface area contributed by atoms with E-state index < -0.39 is 11.2 Å². The van der Waals surface area contributed by atoms with E-state index in [0.29, 0.717) is 7.48 Å². The van der Waals surface area contributed by atoms with Crippen molar-refractivity contribution in [1.29, 1.82) is 0 Å². The van der Waals surface area contributed by atoms with Gasteiger partial charge < -0.3 is 9.76 Å². The quantitative estimate of drug-likeness (QED) is 0.279. The Morgan fingerprint density at radius 2 is 1.52 bits per heavy atom. The topological polar surface area (TPSA) is 42.4 Å². The Balaban J connectivity index is 1.73. The van der Waals surface area contributed by atoms with Crippen LogP contribution in [0.2, 0.25) is 0 Å². The van der Waals surface area contributed by atoms with Crippen molar-refractivity contribution in [2.75, 3.05) is 0 Å². The van der Waals surface area contributed by atoms with Gasteiger partial charge in [-0.2, -0.15) is 0 Å². The molecular formula is C25H24BNO2. The van der Waals surface area contributed by atoms with Crippen molar-refractivity contribution in [2.45, 2.75) is 38.9 Å². The lowest BCUT2D eigenvalue weighted by atomic mass is 9.78. The highest BCUT2D eigenvalue weighted by Crippen LogP contribution is 2.37. The van der Waals surface area contributed by atoms with Gasteiger partial charge in [0.15, 0.2) is 0 Å². The van der Waals surface area contributed by atoms with Gasteiger partial charge in [0, 0.05) is 17.0 Å². The highest BCUT2D eigenvalue weighted by molar-refractivity contribution is 6.53. The lowest BCUT2D eigenvalue weighted by Gasteiger charge is -2.37. The van der Waals surface area contributed by atoms with Crippen molar-refractivity contribution >= 4 is 56.2 Å². The summed E-state index contributed by atoms with van der Waals surface area (Å²) in [4.78, 5) is 4.65. The Bertz CT molecular complexity index is 1370. The van der Waals surface area contributed by atoms with Crippen LogP contribution in [-0.4, -0.2) is 28.8 Å². The number of aromatic nitrogens is 1. The third-order valence-corrected chi connectivity index (χ3v) is 6.50. The minimum Gasteiger partial charge on any atom is -0.427 e. The van der Waals surface area contributed by atoms with Gasteiger partial charge in [0.1, 0.15) is 0 Å². The van der Waals surface area contributed by atoms with Gasteiger partial charge in [0.2, 0.25) is 0 Å². The van der Waals surface area contributed by atoms with Crippen LogP contribution in [0.25, 0.3) is 43.2 Å². The van der Waals surface area contributed by atoms with Crippen molar-refractivity contribution < 1.29 is 9.76 Å². The molecule has 5 rings (SSSR count). The van der Waals surface area contributed by atoms with Gasteiger partial charge in [0.25, 0.3) is 0 Å². The van der Waals surface area contributed by atoms with Crippen molar-refractivity contribution in [3.8, 4) is 0 Å². The summed E-state index contributed by atoms with van der Waals surface area (Å²) in [7, 11) is 0.449. The molecule has 0 fully saturated rings. The molecule has 0 radical (unpaired) electrons. The molecule has 0 bridgehead atoms. The number of nitrogens with zero attached hydrogens (tertiary/aromatic N) is 1. The fraction of sp³-hybridized carbons (Fsp3) is 0.240. The van der Waals surface area contributed by atoms with Crippen molar-refractivity contribution in [1.82, 2.24) is 4.98 Å². The standard InChI is InChI=1S/C25H24BNO2/c1-24(2,28)25(3,4)29-26-20-12-9-15-7-11-19-22-16(8-10-18(20)21(15)22)14-17-6-5-13-27-23(17)19/h5-14,26,28H,1-4H3. The zero-order valence-corrected chi connectivity index (χ0v) is 17.3. The Kier molecular flexibility index (Phi) is 3.89. The second kappa shape index (κ2) is 6.15. The van der Waals surface area contributed by atoms with E-state index in [1.807, 2.05) is 26.1 Å². The first-order valence-corrected chi connectivity index (χ1v) is 10.1. The summed E-state index contributed by atoms with van der Waals surface area (Å²) < 4.78 is 6.18. The van der Waals surface area contributed by atoms with Crippen LogP contribution in [0, 0.1) is 0 Å². The summed E-state index contributed by atoms with van der Waals surface area (Å²) in [6, 6.07) is 19.4. The number of hydrogen-bond donors (Lipinski definition) is 1. The lowest BCUT2D eigenvalue weighted by Crippen LogP contribution is -2.49. The number of aliphatic hydroxyl groups is 1. The third-order valence-electron chi connectivity index (χ3n) is 6.50. The molecule has 0 aliphatic carbocycles. The predicted molar refractivity (Wildman–Crippen MR) is 124 cm³/mol. The van der Waals surface area contributed by atoms with Crippen LogP contribution in [0.4, 0.5) is 0 Å². The molecule has 0 aliphatic heterocycles. The van der Waals surface area contributed by atoms with Crippen LogP contribution in [0.3, 0.4) is 0 Å². The van der Waals surface area contributed by atoms with E-state index in [2.05, 4.69) is 53.5 Å². The highest BCUT2D eigenvalue weighted by atomic mass is 16.5. The first-order chi connectivity index (χ1) is 13.8. The number of hydrogen-bond acceptors (Lipinski definition) is 3. The third kappa shape index (κ3) is 2.78. The summed E-state index contributed by atoms with van der Waals surface area (Å²) in [5.41, 5.74) is 0.586. The van der Waals surface area contributed by atoms with Gasteiger partial charge in [-0.3, -0.25) is 4.98 Å². The van der Waals surface area contributed by atoms with Crippen LogP contribution in [-0.2, 0) is 4.65 Å². The maximum Gasteiger partial charge on any atom is 0.310 e. The number of benzene rings is 4. The molecule has 0 saturated heterocycles. The largest absolute Gasteiger partial charge is 0.427 e. The summed E-state index contributed by atoms with van der Waals surface area (Å²) in [5.74, 6) is 0. The Hall–Kier alpha value is -2.69. The Morgan fingerprint density at radius 3 is 2.31 bits per heavy atom.